The van der Waals surface area contributed by atoms with Gasteiger partial charge in [-0.3, -0.25) is 0 Å². The standard InChI is InChI=1S/C11H17NO/c1-9-2-4-11(13,5-3-9)10(8-12)6-7-10/h9,13H,2-7H2,1H3. The van der Waals surface area contributed by atoms with Crippen LogP contribution < -0.4 is 0 Å². The van der Waals surface area contributed by atoms with Gasteiger partial charge in [-0.05, 0) is 44.4 Å². The third-order valence-electron chi connectivity index (χ3n) is 3.96. The summed E-state index contributed by atoms with van der Waals surface area (Å²) in [6.45, 7) is 2.23. The van der Waals surface area contributed by atoms with Gasteiger partial charge in [0.25, 0.3) is 0 Å². The van der Waals surface area contributed by atoms with Crippen LogP contribution in [0.4, 0.5) is 0 Å². The Bertz CT molecular complexity index is 241. The summed E-state index contributed by atoms with van der Waals surface area (Å²) in [5, 5.41) is 19.4. The zero-order valence-electron chi connectivity index (χ0n) is 8.21. The first-order valence-electron chi connectivity index (χ1n) is 5.26. The van der Waals surface area contributed by atoms with E-state index in [1.54, 1.807) is 0 Å². The normalized spacial score (nSPS) is 42.4. The maximum Gasteiger partial charge on any atom is 0.0861 e. The van der Waals surface area contributed by atoms with Crippen molar-refractivity contribution in [1.82, 2.24) is 0 Å². The molecule has 0 aromatic rings. The van der Waals surface area contributed by atoms with Gasteiger partial charge in [-0.2, -0.15) is 5.26 Å². The van der Waals surface area contributed by atoms with Gasteiger partial charge < -0.3 is 5.11 Å². The molecule has 2 heteroatoms. The molecule has 2 aliphatic rings. The van der Waals surface area contributed by atoms with Crippen LogP contribution in [0.3, 0.4) is 0 Å². The fourth-order valence-corrected chi connectivity index (χ4v) is 2.52. The first kappa shape index (κ1) is 9.02. The van der Waals surface area contributed by atoms with Crippen molar-refractivity contribution in [2.45, 2.75) is 51.0 Å². The molecule has 2 saturated carbocycles. The van der Waals surface area contributed by atoms with E-state index in [-0.39, 0.29) is 5.41 Å². The van der Waals surface area contributed by atoms with Gasteiger partial charge in [0.2, 0.25) is 0 Å². The molecule has 0 amide bonds. The Morgan fingerprint density at radius 1 is 1.23 bits per heavy atom. The summed E-state index contributed by atoms with van der Waals surface area (Å²) in [6.07, 6.45) is 5.66. The highest BCUT2D eigenvalue weighted by Crippen LogP contribution is 2.58. The van der Waals surface area contributed by atoms with Gasteiger partial charge in [0.05, 0.1) is 17.1 Å². The topological polar surface area (TPSA) is 44.0 Å². The van der Waals surface area contributed by atoms with Crippen molar-refractivity contribution < 1.29 is 5.11 Å². The summed E-state index contributed by atoms with van der Waals surface area (Å²) in [5.41, 5.74) is -0.999. The van der Waals surface area contributed by atoms with Crippen LogP contribution in [0.2, 0.25) is 0 Å². The highest BCUT2D eigenvalue weighted by atomic mass is 16.3. The monoisotopic (exact) mass is 179 g/mol. The average molecular weight is 179 g/mol. The van der Waals surface area contributed by atoms with Gasteiger partial charge in [-0.25, -0.2) is 0 Å². The van der Waals surface area contributed by atoms with Crippen molar-refractivity contribution >= 4 is 0 Å². The van der Waals surface area contributed by atoms with Crippen LogP contribution in [-0.2, 0) is 0 Å². The Kier molecular flexibility index (Phi) is 1.89. The average Bonchev–Trinajstić information content (AvgIpc) is 2.91. The van der Waals surface area contributed by atoms with E-state index in [0.29, 0.717) is 0 Å². The summed E-state index contributed by atoms with van der Waals surface area (Å²) in [7, 11) is 0. The number of hydrogen-bond acceptors (Lipinski definition) is 2. The molecule has 0 aliphatic heterocycles. The lowest BCUT2D eigenvalue weighted by molar-refractivity contribution is -0.0505. The molecule has 0 aromatic heterocycles. The van der Waals surface area contributed by atoms with E-state index in [4.69, 9.17) is 5.26 Å². The predicted molar refractivity (Wildman–Crippen MR) is 49.9 cm³/mol. The maximum absolute atomic E-state index is 10.4. The van der Waals surface area contributed by atoms with Crippen molar-refractivity contribution in [1.29, 1.82) is 5.26 Å². The van der Waals surface area contributed by atoms with E-state index in [0.717, 1.165) is 44.4 Å². The van der Waals surface area contributed by atoms with Crippen LogP contribution in [0, 0.1) is 22.7 Å². The number of hydrogen-bond donors (Lipinski definition) is 1. The molecule has 0 radical (unpaired) electrons. The lowest BCUT2D eigenvalue weighted by Crippen LogP contribution is -2.42. The molecular formula is C11H17NO. The summed E-state index contributed by atoms with van der Waals surface area (Å²) in [6, 6.07) is 2.33. The van der Waals surface area contributed by atoms with Crippen molar-refractivity contribution in [3.05, 3.63) is 0 Å². The van der Waals surface area contributed by atoms with E-state index in [9.17, 15) is 5.11 Å². The molecular weight excluding hydrogens is 162 g/mol. The molecule has 2 aliphatic carbocycles. The fraction of sp³-hybridized carbons (Fsp3) is 0.909. The largest absolute Gasteiger partial charge is 0.388 e. The number of rotatable bonds is 1. The van der Waals surface area contributed by atoms with Gasteiger partial charge >= 0.3 is 0 Å². The number of nitrogens with zero attached hydrogens (tertiary/aromatic N) is 1. The first-order chi connectivity index (χ1) is 6.12. The molecule has 13 heavy (non-hydrogen) atoms. The van der Waals surface area contributed by atoms with Crippen LogP contribution in [0.1, 0.15) is 45.4 Å². The summed E-state index contributed by atoms with van der Waals surface area (Å²) in [5.74, 6) is 0.731. The molecule has 2 nitrogen and oxygen atoms in total. The van der Waals surface area contributed by atoms with Gasteiger partial charge in [0, 0.05) is 0 Å². The van der Waals surface area contributed by atoms with Crippen molar-refractivity contribution in [3.8, 4) is 6.07 Å². The van der Waals surface area contributed by atoms with Gasteiger partial charge in [-0.15, -0.1) is 0 Å². The lowest BCUT2D eigenvalue weighted by atomic mass is 9.71. The SMILES string of the molecule is CC1CCC(O)(C2(C#N)CC2)CC1. The van der Waals surface area contributed by atoms with Crippen LogP contribution in [0.25, 0.3) is 0 Å². The molecule has 1 N–H and O–H groups in total. The van der Waals surface area contributed by atoms with Gasteiger partial charge in [0.15, 0.2) is 0 Å². The lowest BCUT2D eigenvalue weighted by Gasteiger charge is -2.38. The number of nitriles is 1. The second-order valence-corrected chi connectivity index (χ2v) is 4.91. The van der Waals surface area contributed by atoms with Crippen molar-refractivity contribution in [2.75, 3.05) is 0 Å². The highest BCUT2D eigenvalue weighted by Gasteiger charge is 2.59. The van der Waals surface area contributed by atoms with E-state index in [2.05, 4.69) is 13.0 Å². The predicted octanol–water partition coefficient (Wildman–Crippen LogP) is 2.23. The summed E-state index contributed by atoms with van der Waals surface area (Å²) < 4.78 is 0. The summed E-state index contributed by atoms with van der Waals surface area (Å²) >= 11 is 0. The molecule has 72 valence electrons. The second kappa shape index (κ2) is 2.72. The molecule has 0 saturated heterocycles. The van der Waals surface area contributed by atoms with E-state index >= 15 is 0 Å². The third-order valence-corrected chi connectivity index (χ3v) is 3.96. The van der Waals surface area contributed by atoms with Crippen molar-refractivity contribution in [2.24, 2.45) is 11.3 Å². The molecule has 0 aromatic carbocycles. The third kappa shape index (κ3) is 1.26. The Morgan fingerprint density at radius 3 is 2.15 bits per heavy atom. The molecule has 2 rings (SSSR count). The second-order valence-electron chi connectivity index (χ2n) is 4.91. The Balaban J connectivity index is 2.10. The zero-order chi connectivity index (χ0) is 9.53. The smallest absolute Gasteiger partial charge is 0.0861 e. The van der Waals surface area contributed by atoms with Crippen LogP contribution in [0.15, 0.2) is 0 Å². The Labute approximate surface area is 79.6 Å². The zero-order valence-corrected chi connectivity index (χ0v) is 8.21. The van der Waals surface area contributed by atoms with Crippen LogP contribution in [0.5, 0.6) is 0 Å². The van der Waals surface area contributed by atoms with E-state index < -0.39 is 5.60 Å². The minimum atomic E-state index is -0.645. The van der Waals surface area contributed by atoms with E-state index in [1.165, 1.54) is 0 Å². The highest BCUT2D eigenvalue weighted by molar-refractivity contribution is 5.20. The molecule has 2 fully saturated rings. The van der Waals surface area contributed by atoms with E-state index in [1.807, 2.05) is 0 Å². The molecule has 0 unspecified atom stereocenters. The molecule has 0 bridgehead atoms. The van der Waals surface area contributed by atoms with Crippen LogP contribution >= 0.6 is 0 Å². The number of aliphatic hydroxyl groups is 1. The fourth-order valence-electron chi connectivity index (χ4n) is 2.52. The summed E-state index contributed by atoms with van der Waals surface area (Å²) in [4.78, 5) is 0. The first-order valence-corrected chi connectivity index (χ1v) is 5.26. The van der Waals surface area contributed by atoms with Gasteiger partial charge in [0.1, 0.15) is 0 Å². The van der Waals surface area contributed by atoms with Crippen molar-refractivity contribution in [3.63, 3.8) is 0 Å². The maximum atomic E-state index is 10.4. The minimum Gasteiger partial charge on any atom is -0.388 e. The molecule has 0 atom stereocenters. The molecule has 0 spiro atoms. The quantitative estimate of drug-likeness (QED) is 0.670. The minimum absolute atomic E-state index is 0.354. The molecule has 0 heterocycles. The van der Waals surface area contributed by atoms with Gasteiger partial charge in [-0.1, -0.05) is 6.92 Å². The Morgan fingerprint density at radius 2 is 1.77 bits per heavy atom. The van der Waals surface area contributed by atoms with Crippen LogP contribution in [-0.4, -0.2) is 10.7 Å². The Hall–Kier alpha value is -0.550.